The van der Waals surface area contributed by atoms with Gasteiger partial charge in [0.2, 0.25) is 11.8 Å². The van der Waals surface area contributed by atoms with Crippen LogP contribution in [-0.4, -0.2) is 50.9 Å². The fourth-order valence-electron chi connectivity index (χ4n) is 4.21. The number of sulfonamides is 1. The molecule has 3 aromatic rings. The fourth-order valence-corrected chi connectivity index (χ4v) is 5.88. The molecule has 0 bridgehead atoms. The van der Waals surface area contributed by atoms with Crippen molar-refractivity contribution in [1.82, 2.24) is 10.2 Å². The Bertz CT molecular complexity index is 1400. The summed E-state index contributed by atoms with van der Waals surface area (Å²) in [5.41, 5.74) is 1.02. The smallest absolute Gasteiger partial charge is 0.264 e. The van der Waals surface area contributed by atoms with Gasteiger partial charge in [0.05, 0.1) is 17.2 Å². The number of carbonyl (C=O) groups is 2. The Kier molecular flexibility index (Phi) is 11.9. The third-order valence-corrected chi connectivity index (χ3v) is 8.61. The number of nitrogens with one attached hydrogen (secondary N) is 1. The number of nitrogens with zero attached hydrogens (tertiary/aromatic N) is 2. The molecule has 0 spiro atoms. The van der Waals surface area contributed by atoms with Crippen molar-refractivity contribution >= 4 is 50.7 Å². The fraction of sp³-hybridized carbons (Fsp3) is 0.333. The summed E-state index contributed by atoms with van der Waals surface area (Å²) >= 11 is 12.1. The van der Waals surface area contributed by atoms with Crippen LogP contribution in [0.2, 0.25) is 10.0 Å². The van der Waals surface area contributed by atoms with Crippen molar-refractivity contribution in [2.45, 2.75) is 51.1 Å². The average Bonchev–Trinajstić information content (AvgIpc) is 2.96. The summed E-state index contributed by atoms with van der Waals surface area (Å²) in [5.74, 6) is -0.274. The summed E-state index contributed by atoms with van der Waals surface area (Å²) in [6.07, 6.45) is 1.07. The summed E-state index contributed by atoms with van der Waals surface area (Å²) in [5, 5.41) is 3.78. The van der Waals surface area contributed by atoms with E-state index >= 15 is 0 Å². The minimum atomic E-state index is -4.20. The van der Waals surface area contributed by atoms with Crippen molar-refractivity contribution in [2.24, 2.45) is 0 Å². The molecule has 41 heavy (non-hydrogen) atoms. The Morgan fingerprint density at radius 2 is 1.46 bits per heavy atom. The minimum absolute atomic E-state index is 0.0273. The highest BCUT2D eigenvalue weighted by Gasteiger charge is 2.33. The molecule has 0 saturated carbocycles. The Morgan fingerprint density at radius 3 is 2.00 bits per heavy atom. The zero-order chi connectivity index (χ0) is 30.0. The Hall–Kier alpha value is -3.27. The predicted molar refractivity (Wildman–Crippen MR) is 163 cm³/mol. The molecular weight excluding hydrogens is 585 g/mol. The van der Waals surface area contributed by atoms with Crippen molar-refractivity contribution in [3.63, 3.8) is 0 Å². The molecule has 2 amide bonds. The van der Waals surface area contributed by atoms with Gasteiger partial charge in [-0.05, 0) is 86.0 Å². The van der Waals surface area contributed by atoms with E-state index in [0.29, 0.717) is 35.4 Å². The molecule has 1 atom stereocenters. The number of hydrogen-bond acceptors (Lipinski definition) is 5. The lowest BCUT2D eigenvalue weighted by Crippen LogP contribution is -2.52. The lowest BCUT2D eigenvalue weighted by atomic mass is 10.1. The highest BCUT2D eigenvalue weighted by Crippen LogP contribution is 2.27. The van der Waals surface area contributed by atoms with Gasteiger partial charge in [0, 0.05) is 23.1 Å². The normalized spacial score (nSPS) is 11.9. The van der Waals surface area contributed by atoms with Crippen molar-refractivity contribution in [2.75, 3.05) is 24.0 Å². The number of benzene rings is 3. The van der Waals surface area contributed by atoms with Gasteiger partial charge in [-0.2, -0.15) is 0 Å². The molecule has 3 aromatic carbocycles. The lowest BCUT2D eigenvalue weighted by molar-refractivity contribution is -0.140. The molecule has 8 nitrogen and oxygen atoms in total. The maximum absolute atomic E-state index is 14.0. The van der Waals surface area contributed by atoms with Crippen molar-refractivity contribution in [1.29, 1.82) is 0 Å². The number of halogens is 2. The SMILES string of the molecule is CCCNC(=O)C(CC)N(Cc1ccc(Cl)cc1)C(=O)CN(c1ccc(OCC)cc1)S(=O)(=O)c1ccc(Cl)cc1. The third kappa shape index (κ3) is 8.61. The number of anilines is 1. The van der Waals surface area contributed by atoms with E-state index < -0.39 is 28.5 Å². The number of amides is 2. The molecule has 0 aliphatic heterocycles. The molecule has 0 aliphatic carbocycles. The highest BCUT2D eigenvalue weighted by atomic mass is 35.5. The summed E-state index contributed by atoms with van der Waals surface area (Å²) in [6.45, 7) is 6.06. The molecule has 1 unspecified atom stereocenters. The molecule has 0 radical (unpaired) electrons. The predicted octanol–water partition coefficient (Wildman–Crippen LogP) is 5.92. The van der Waals surface area contributed by atoms with Crippen LogP contribution in [-0.2, 0) is 26.2 Å². The third-order valence-electron chi connectivity index (χ3n) is 6.32. The molecule has 0 fully saturated rings. The molecule has 0 heterocycles. The molecule has 0 saturated heterocycles. The van der Waals surface area contributed by atoms with Crippen molar-refractivity contribution < 1.29 is 22.7 Å². The van der Waals surface area contributed by atoms with E-state index in [9.17, 15) is 18.0 Å². The molecule has 3 rings (SSSR count). The van der Waals surface area contributed by atoms with Gasteiger partial charge in [0.1, 0.15) is 18.3 Å². The number of ether oxygens (including phenoxy) is 1. The second kappa shape index (κ2) is 15.1. The zero-order valence-corrected chi connectivity index (χ0v) is 25.7. The van der Waals surface area contributed by atoms with Crippen LogP contribution in [0.4, 0.5) is 5.69 Å². The summed E-state index contributed by atoms with van der Waals surface area (Å²) in [7, 11) is -4.20. The van der Waals surface area contributed by atoms with E-state index in [1.165, 1.54) is 29.2 Å². The van der Waals surface area contributed by atoms with Crippen LogP contribution in [0.5, 0.6) is 5.75 Å². The monoisotopic (exact) mass is 619 g/mol. The standard InChI is InChI=1S/C30H35Cl2N3O5S/c1-4-19-33-30(37)28(5-2)34(20-22-7-9-23(31)10-8-22)29(36)21-35(25-13-15-26(16-14-25)40-6-3)41(38,39)27-17-11-24(32)12-18-27/h7-18,28H,4-6,19-21H2,1-3H3,(H,33,37). The molecule has 220 valence electrons. The molecular formula is C30H35Cl2N3O5S. The van der Waals surface area contributed by atoms with Crippen LogP contribution in [0.15, 0.2) is 77.7 Å². The van der Waals surface area contributed by atoms with Crippen molar-refractivity contribution in [3.05, 3.63) is 88.4 Å². The van der Waals surface area contributed by atoms with Gasteiger partial charge in [-0.3, -0.25) is 13.9 Å². The van der Waals surface area contributed by atoms with E-state index in [0.717, 1.165) is 16.3 Å². The highest BCUT2D eigenvalue weighted by molar-refractivity contribution is 7.92. The van der Waals surface area contributed by atoms with Gasteiger partial charge in [-0.25, -0.2) is 8.42 Å². The zero-order valence-electron chi connectivity index (χ0n) is 23.3. The first-order valence-electron chi connectivity index (χ1n) is 13.4. The Morgan fingerprint density at radius 1 is 0.878 bits per heavy atom. The number of carbonyl (C=O) groups excluding carboxylic acids is 2. The Balaban J connectivity index is 2.04. The van der Waals surface area contributed by atoms with E-state index in [2.05, 4.69) is 5.32 Å². The molecule has 1 N–H and O–H groups in total. The Labute approximate surface area is 252 Å². The first kappa shape index (κ1) is 32.2. The van der Waals surface area contributed by atoms with Crippen LogP contribution in [0, 0.1) is 0 Å². The maximum Gasteiger partial charge on any atom is 0.264 e. The van der Waals surface area contributed by atoms with Gasteiger partial charge < -0.3 is 15.0 Å². The molecule has 11 heteroatoms. The minimum Gasteiger partial charge on any atom is -0.494 e. The molecule has 0 aromatic heterocycles. The van der Waals surface area contributed by atoms with Gasteiger partial charge in [0.15, 0.2) is 0 Å². The average molecular weight is 621 g/mol. The van der Waals surface area contributed by atoms with Crippen LogP contribution >= 0.6 is 23.2 Å². The first-order chi connectivity index (χ1) is 19.6. The van der Waals surface area contributed by atoms with E-state index in [1.807, 2.05) is 20.8 Å². The van der Waals surface area contributed by atoms with Crippen LogP contribution in [0.25, 0.3) is 0 Å². The molecule has 0 aliphatic rings. The topological polar surface area (TPSA) is 96.0 Å². The second-order valence-corrected chi connectivity index (χ2v) is 12.0. The van der Waals surface area contributed by atoms with Crippen LogP contribution in [0.3, 0.4) is 0 Å². The first-order valence-corrected chi connectivity index (χ1v) is 15.6. The van der Waals surface area contributed by atoms with Crippen LogP contribution in [0.1, 0.15) is 39.2 Å². The van der Waals surface area contributed by atoms with E-state index in [1.54, 1.807) is 48.5 Å². The van der Waals surface area contributed by atoms with Crippen molar-refractivity contribution in [3.8, 4) is 5.75 Å². The maximum atomic E-state index is 14.0. The quantitative estimate of drug-likeness (QED) is 0.242. The number of hydrogen-bond donors (Lipinski definition) is 1. The second-order valence-electron chi connectivity index (χ2n) is 9.26. The van der Waals surface area contributed by atoms with Gasteiger partial charge >= 0.3 is 0 Å². The number of rotatable bonds is 14. The van der Waals surface area contributed by atoms with E-state index in [-0.39, 0.29) is 23.0 Å². The summed E-state index contributed by atoms with van der Waals surface area (Å²) in [6, 6.07) is 18.3. The van der Waals surface area contributed by atoms with Gasteiger partial charge in [-0.15, -0.1) is 0 Å². The van der Waals surface area contributed by atoms with Gasteiger partial charge in [-0.1, -0.05) is 49.2 Å². The summed E-state index contributed by atoms with van der Waals surface area (Å²) in [4.78, 5) is 28.6. The largest absolute Gasteiger partial charge is 0.494 e. The van der Waals surface area contributed by atoms with E-state index in [4.69, 9.17) is 27.9 Å². The van der Waals surface area contributed by atoms with Crippen LogP contribution < -0.4 is 14.4 Å². The van der Waals surface area contributed by atoms with Gasteiger partial charge in [0.25, 0.3) is 10.0 Å². The summed E-state index contributed by atoms with van der Waals surface area (Å²) < 4.78 is 34.4. The lowest BCUT2D eigenvalue weighted by Gasteiger charge is -2.33.